The number of aromatic nitrogens is 2. The van der Waals surface area contributed by atoms with Crippen LogP contribution in [0, 0.1) is 0 Å². The van der Waals surface area contributed by atoms with Gasteiger partial charge in [0.2, 0.25) is 0 Å². The number of anilines is 1. The van der Waals surface area contributed by atoms with Crippen LogP contribution in [-0.4, -0.2) is 27.5 Å². The minimum atomic E-state index is 0.317. The first kappa shape index (κ1) is 14.6. The molecule has 0 aliphatic heterocycles. The zero-order chi connectivity index (χ0) is 12.8. The number of hydrogen-bond acceptors (Lipinski definition) is 4. The summed E-state index contributed by atoms with van der Waals surface area (Å²) < 4.78 is 0. The maximum atomic E-state index is 6.12. The summed E-state index contributed by atoms with van der Waals surface area (Å²) >= 11 is 8.03. The van der Waals surface area contributed by atoms with Crippen molar-refractivity contribution >= 4 is 29.2 Å². The van der Waals surface area contributed by atoms with E-state index in [2.05, 4.69) is 43.0 Å². The van der Waals surface area contributed by atoms with E-state index in [4.69, 9.17) is 11.6 Å². The van der Waals surface area contributed by atoms with Crippen molar-refractivity contribution in [3.05, 3.63) is 17.0 Å². The number of hydrogen-bond donors (Lipinski definition) is 1. The Hall–Kier alpha value is -0.480. The van der Waals surface area contributed by atoms with Crippen LogP contribution in [0.1, 0.15) is 39.2 Å². The number of rotatable bonds is 6. The molecule has 0 aromatic carbocycles. The first-order chi connectivity index (χ1) is 8.06. The molecule has 1 atom stereocenters. The van der Waals surface area contributed by atoms with E-state index in [9.17, 15) is 0 Å². The molecule has 1 aromatic rings. The normalized spacial score (nSPS) is 12.8. The van der Waals surface area contributed by atoms with Crippen molar-refractivity contribution in [2.75, 3.05) is 16.8 Å². The summed E-state index contributed by atoms with van der Waals surface area (Å²) in [6.45, 7) is 8.52. The fourth-order valence-corrected chi connectivity index (χ4v) is 2.59. The molecular formula is C12H20ClN3S. The summed E-state index contributed by atoms with van der Waals surface area (Å²) in [7, 11) is 0. The standard InChI is InChI=1S/C12H20ClN3S/c1-5-17-6-9(4)16-12-10(8(2)3)11(13)14-7-15-12/h7-9H,5-6H2,1-4H3,(H,14,15,16). The van der Waals surface area contributed by atoms with Gasteiger partial charge in [0.15, 0.2) is 0 Å². The van der Waals surface area contributed by atoms with E-state index < -0.39 is 0 Å². The Morgan fingerprint density at radius 1 is 1.35 bits per heavy atom. The van der Waals surface area contributed by atoms with Crippen LogP contribution in [0.4, 0.5) is 5.82 Å². The van der Waals surface area contributed by atoms with Gasteiger partial charge < -0.3 is 5.32 Å². The Balaban J connectivity index is 2.79. The molecule has 0 aliphatic carbocycles. The SMILES string of the molecule is CCSCC(C)Nc1ncnc(Cl)c1C(C)C. The smallest absolute Gasteiger partial charge is 0.138 e. The first-order valence-corrected chi connectivity index (χ1v) is 7.44. The Kier molecular flexibility index (Phi) is 6.06. The van der Waals surface area contributed by atoms with Crippen LogP contribution in [0.5, 0.6) is 0 Å². The molecule has 5 heteroatoms. The average Bonchev–Trinajstić information content (AvgIpc) is 2.25. The van der Waals surface area contributed by atoms with Crippen LogP contribution < -0.4 is 5.32 Å². The molecule has 0 fully saturated rings. The third-order valence-electron chi connectivity index (χ3n) is 2.37. The van der Waals surface area contributed by atoms with Gasteiger partial charge in [0.25, 0.3) is 0 Å². The molecule has 0 spiro atoms. The Morgan fingerprint density at radius 2 is 2.06 bits per heavy atom. The van der Waals surface area contributed by atoms with Gasteiger partial charge in [-0.1, -0.05) is 32.4 Å². The van der Waals surface area contributed by atoms with E-state index in [0.717, 1.165) is 22.9 Å². The van der Waals surface area contributed by atoms with Crippen LogP contribution in [0.25, 0.3) is 0 Å². The lowest BCUT2D eigenvalue weighted by atomic mass is 10.1. The molecule has 0 saturated carbocycles. The van der Waals surface area contributed by atoms with Crippen LogP contribution in [0.15, 0.2) is 6.33 Å². The van der Waals surface area contributed by atoms with E-state index in [1.165, 1.54) is 6.33 Å². The van der Waals surface area contributed by atoms with Crippen molar-refractivity contribution in [2.45, 2.75) is 39.7 Å². The monoisotopic (exact) mass is 273 g/mol. The third-order valence-corrected chi connectivity index (χ3v) is 3.81. The highest BCUT2D eigenvalue weighted by molar-refractivity contribution is 7.99. The predicted molar refractivity (Wildman–Crippen MR) is 77.2 cm³/mol. The zero-order valence-electron chi connectivity index (χ0n) is 10.8. The molecule has 3 nitrogen and oxygen atoms in total. The number of thioether (sulfide) groups is 1. The lowest BCUT2D eigenvalue weighted by Crippen LogP contribution is -2.20. The van der Waals surface area contributed by atoms with E-state index in [1.54, 1.807) is 0 Å². The zero-order valence-corrected chi connectivity index (χ0v) is 12.4. The van der Waals surface area contributed by atoms with E-state index in [0.29, 0.717) is 17.1 Å². The van der Waals surface area contributed by atoms with Gasteiger partial charge in [0, 0.05) is 17.4 Å². The molecule has 17 heavy (non-hydrogen) atoms. The Morgan fingerprint density at radius 3 is 2.65 bits per heavy atom. The highest BCUT2D eigenvalue weighted by atomic mass is 35.5. The first-order valence-electron chi connectivity index (χ1n) is 5.90. The second-order valence-electron chi connectivity index (χ2n) is 4.29. The minimum Gasteiger partial charge on any atom is -0.366 e. The van der Waals surface area contributed by atoms with Crippen LogP contribution in [-0.2, 0) is 0 Å². The molecule has 1 unspecified atom stereocenters. The van der Waals surface area contributed by atoms with Gasteiger partial charge in [-0.15, -0.1) is 0 Å². The van der Waals surface area contributed by atoms with Gasteiger partial charge in [0.1, 0.15) is 17.3 Å². The minimum absolute atomic E-state index is 0.317. The van der Waals surface area contributed by atoms with E-state index >= 15 is 0 Å². The maximum absolute atomic E-state index is 6.12. The van der Waals surface area contributed by atoms with Crippen LogP contribution in [0.2, 0.25) is 5.15 Å². The molecule has 0 saturated heterocycles. The molecule has 1 aromatic heterocycles. The molecule has 0 radical (unpaired) electrons. The van der Waals surface area contributed by atoms with E-state index in [-0.39, 0.29) is 0 Å². The average molecular weight is 274 g/mol. The number of nitrogens with zero attached hydrogens (tertiary/aromatic N) is 2. The van der Waals surface area contributed by atoms with Gasteiger partial charge in [-0.05, 0) is 18.6 Å². The lowest BCUT2D eigenvalue weighted by molar-refractivity contribution is 0.827. The van der Waals surface area contributed by atoms with Crippen molar-refractivity contribution in [1.82, 2.24) is 9.97 Å². The fraction of sp³-hybridized carbons (Fsp3) is 0.667. The van der Waals surface area contributed by atoms with Gasteiger partial charge >= 0.3 is 0 Å². The highest BCUT2D eigenvalue weighted by Gasteiger charge is 2.14. The summed E-state index contributed by atoms with van der Waals surface area (Å²) in [5, 5.41) is 3.96. The quantitative estimate of drug-likeness (QED) is 0.800. The summed E-state index contributed by atoms with van der Waals surface area (Å²) in [5.41, 5.74) is 1.00. The largest absolute Gasteiger partial charge is 0.366 e. The van der Waals surface area contributed by atoms with Gasteiger partial charge in [0.05, 0.1) is 0 Å². The molecule has 0 amide bonds. The highest BCUT2D eigenvalue weighted by Crippen LogP contribution is 2.28. The molecule has 1 N–H and O–H groups in total. The summed E-state index contributed by atoms with van der Waals surface area (Å²) in [6.07, 6.45) is 1.51. The van der Waals surface area contributed by atoms with Gasteiger partial charge in [-0.3, -0.25) is 0 Å². The van der Waals surface area contributed by atoms with Gasteiger partial charge in [-0.25, -0.2) is 9.97 Å². The Bertz CT molecular complexity index is 358. The maximum Gasteiger partial charge on any atom is 0.138 e. The fourth-order valence-electron chi connectivity index (χ4n) is 1.57. The molecule has 1 rings (SSSR count). The van der Waals surface area contributed by atoms with Gasteiger partial charge in [-0.2, -0.15) is 11.8 Å². The molecule has 1 heterocycles. The van der Waals surface area contributed by atoms with Crippen LogP contribution in [0.3, 0.4) is 0 Å². The second kappa shape index (κ2) is 7.07. The summed E-state index contributed by atoms with van der Waals surface area (Å²) in [4.78, 5) is 8.33. The van der Waals surface area contributed by atoms with Crippen molar-refractivity contribution < 1.29 is 0 Å². The van der Waals surface area contributed by atoms with Crippen LogP contribution >= 0.6 is 23.4 Å². The third kappa shape index (κ3) is 4.36. The van der Waals surface area contributed by atoms with Crippen molar-refractivity contribution in [2.24, 2.45) is 0 Å². The molecular weight excluding hydrogens is 254 g/mol. The molecule has 0 bridgehead atoms. The van der Waals surface area contributed by atoms with Crippen molar-refractivity contribution in [3.63, 3.8) is 0 Å². The number of halogens is 1. The van der Waals surface area contributed by atoms with Crippen molar-refractivity contribution in [3.8, 4) is 0 Å². The summed E-state index contributed by atoms with van der Waals surface area (Å²) in [6, 6.07) is 0.378. The van der Waals surface area contributed by atoms with Crippen molar-refractivity contribution in [1.29, 1.82) is 0 Å². The van der Waals surface area contributed by atoms with E-state index in [1.807, 2.05) is 11.8 Å². The predicted octanol–water partition coefficient (Wildman–Crippen LogP) is 3.81. The Labute approximate surface area is 113 Å². The second-order valence-corrected chi connectivity index (χ2v) is 5.96. The topological polar surface area (TPSA) is 37.8 Å². The molecule has 96 valence electrons. The molecule has 0 aliphatic rings. The lowest BCUT2D eigenvalue weighted by Gasteiger charge is -2.18. The number of nitrogens with one attached hydrogen (secondary N) is 1. The summed E-state index contributed by atoms with van der Waals surface area (Å²) in [5.74, 6) is 3.38.